The van der Waals surface area contributed by atoms with E-state index in [4.69, 9.17) is 17.3 Å². The van der Waals surface area contributed by atoms with Crippen molar-refractivity contribution >= 4 is 17.6 Å². The number of nitrogens with two attached hydrogens (primary N) is 1. The number of benzene rings is 1. The van der Waals surface area contributed by atoms with E-state index in [0.29, 0.717) is 12.1 Å². The summed E-state index contributed by atoms with van der Waals surface area (Å²) in [6.07, 6.45) is 4.90. The van der Waals surface area contributed by atoms with Gasteiger partial charge in [0, 0.05) is 12.5 Å². The Bertz CT molecular complexity index is 567. The second-order valence-corrected chi connectivity index (χ2v) is 3.62. The molecule has 0 bridgehead atoms. The molecule has 1 rings (SSSR count). The highest BCUT2D eigenvalue weighted by molar-refractivity contribution is 6.02. The van der Waals surface area contributed by atoms with Crippen molar-refractivity contribution in [3.63, 3.8) is 0 Å². The first kappa shape index (κ1) is 14.6. The number of hydrogen-bond acceptors (Lipinski definition) is 3. The predicted octanol–water partition coefficient (Wildman–Crippen LogP) is 0.952. The van der Waals surface area contributed by atoms with Crippen LogP contribution in [0, 0.1) is 24.0 Å². The van der Waals surface area contributed by atoms with Gasteiger partial charge in [-0.25, -0.2) is 13.6 Å². The molecule has 1 aromatic carbocycles. The van der Waals surface area contributed by atoms with Crippen molar-refractivity contribution in [2.75, 3.05) is 5.32 Å². The van der Waals surface area contributed by atoms with E-state index in [1.807, 2.05) is 0 Å². The second kappa shape index (κ2) is 5.93. The summed E-state index contributed by atoms with van der Waals surface area (Å²) in [5, 5.41) is 10.9. The molecule has 0 aliphatic carbocycles. The van der Waals surface area contributed by atoms with E-state index in [1.54, 1.807) is 0 Å². The molecule has 5 nitrogen and oxygen atoms in total. The summed E-state index contributed by atoms with van der Waals surface area (Å²) in [7, 11) is 0. The average Bonchev–Trinajstić information content (AvgIpc) is 2.33. The van der Waals surface area contributed by atoms with Gasteiger partial charge in [0.15, 0.2) is 11.6 Å². The third-order valence-corrected chi connectivity index (χ3v) is 2.22. The van der Waals surface area contributed by atoms with Crippen LogP contribution in [0.5, 0.6) is 0 Å². The molecule has 19 heavy (non-hydrogen) atoms. The van der Waals surface area contributed by atoms with Crippen LogP contribution < -0.4 is 11.1 Å². The van der Waals surface area contributed by atoms with Crippen molar-refractivity contribution < 1.29 is 23.5 Å². The summed E-state index contributed by atoms with van der Waals surface area (Å²) in [5.41, 5.74) is 4.43. The number of aromatic carboxylic acids is 1. The van der Waals surface area contributed by atoms with Gasteiger partial charge in [0.2, 0.25) is 5.91 Å². The second-order valence-electron chi connectivity index (χ2n) is 3.62. The molecular weight excluding hydrogens is 258 g/mol. The van der Waals surface area contributed by atoms with E-state index >= 15 is 0 Å². The number of carboxylic acid groups (broad SMARTS) is 1. The van der Waals surface area contributed by atoms with Crippen molar-refractivity contribution in [2.45, 2.75) is 12.5 Å². The molecule has 0 saturated heterocycles. The third-order valence-electron chi connectivity index (χ3n) is 2.22. The Morgan fingerprint density at radius 1 is 1.42 bits per heavy atom. The van der Waals surface area contributed by atoms with Gasteiger partial charge in [0.1, 0.15) is 0 Å². The normalized spacial score (nSPS) is 11.5. The molecule has 4 N–H and O–H groups in total. The molecule has 1 amide bonds. The fourth-order valence-electron chi connectivity index (χ4n) is 1.27. The fourth-order valence-corrected chi connectivity index (χ4v) is 1.27. The van der Waals surface area contributed by atoms with Crippen LogP contribution in [0.15, 0.2) is 12.1 Å². The maximum Gasteiger partial charge on any atom is 0.337 e. The van der Waals surface area contributed by atoms with Crippen LogP contribution in [-0.2, 0) is 4.79 Å². The molecule has 0 aromatic heterocycles. The maximum atomic E-state index is 13.0. The van der Waals surface area contributed by atoms with Crippen molar-refractivity contribution in [2.24, 2.45) is 5.73 Å². The summed E-state index contributed by atoms with van der Waals surface area (Å²) >= 11 is 0. The standard InChI is InChI=1S/C12H10F2N2O3/c1-2-3-9(15)11(17)16-10-5-8(14)7(13)4-6(10)12(18)19/h1,4-5,9H,3,15H2,(H,16,17)(H,18,19). The summed E-state index contributed by atoms with van der Waals surface area (Å²) < 4.78 is 26.0. The molecule has 7 heteroatoms. The number of carboxylic acids is 1. The van der Waals surface area contributed by atoms with E-state index < -0.39 is 35.1 Å². The van der Waals surface area contributed by atoms with E-state index in [2.05, 4.69) is 11.2 Å². The predicted molar refractivity (Wildman–Crippen MR) is 63.4 cm³/mol. The Morgan fingerprint density at radius 3 is 2.53 bits per heavy atom. The zero-order chi connectivity index (χ0) is 14.6. The molecule has 0 aliphatic rings. The Morgan fingerprint density at radius 2 is 2.00 bits per heavy atom. The number of terminal acetylenes is 1. The van der Waals surface area contributed by atoms with Crippen LogP contribution in [0.2, 0.25) is 0 Å². The van der Waals surface area contributed by atoms with Gasteiger partial charge in [-0.2, -0.15) is 0 Å². The van der Waals surface area contributed by atoms with Crippen molar-refractivity contribution in [1.29, 1.82) is 0 Å². The lowest BCUT2D eigenvalue weighted by atomic mass is 10.1. The van der Waals surface area contributed by atoms with Crippen LogP contribution in [0.1, 0.15) is 16.8 Å². The number of amides is 1. The molecule has 0 heterocycles. The van der Waals surface area contributed by atoms with Crippen molar-refractivity contribution in [1.82, 2.24) is 0 Å². The Kier molecular flexibility index (Phi) is 4.56. The smallest absolute Gasteiger partial charge is 0.337 e. The number of nitrogens with one attached hydrogen (secondary N) is 1. The first-order chi connectivity index (χ1) is 8.86. The molecular formula is C12H10F2N2O3. The van der Waals surface area contributed by atoms with Crippen LogP contribution in [0.4, 0.5) is 14.5 Å². The minimum atomic E-state index is -1.51. The summed E-state index contributed by atoms with van der Waals surface area (Å²) in [6, 6.07) is -0.0287. The number of halogens is 2. The van der Waals surface area contributed by atoms with Crippen LogP contribution in [0.25, 0.3) is 0 Å². The Hall–Kier alpha value is -2.46. The van der Waals surface area contributed by atoms with Gasteiger partial charge >= 0.3 is 5.97 Å². The molecule has 1 unspecified atom stereocenters. The molecule has 0 aliphatic heterocycles. The number of carbonyl (C=O) groups is 2. The van der Waals surface area contributed by atoms with Crippen LogP contribution >= 0.6 is 0 Å². The molecule has 0 saturated carbocycles. The third kappa shape index (κ3) is 3.50. The molecule has 100 valence electrons. The maximum absolute atomic E-state index is 13.0. The van der Waals surface area contributed by atoms with E-state index in [1.165, 1.54) is 0 Å². The first-order valence-corrected chi connectivity index (χ1v) is 5.09. The fraction of sp³-hybridized carbons (Fsp3) is 0.167. The van der Waals surface area contributed by atoms with Gasteiger partial charge in [-0.15, -0.1) is 12.3 Å². The lowest BCUT2D eigenvalue weighted by Gasteiger charge is -2.12. The number of anilines is 1. The van der Waals surface area contributed by atoms with E-state index in [0.717, 1.165) is 0 Å². The van der Waals surface area contributed by atoms with Gasteiger partial charge in [0.25, 0.3) is 0 Å². The molecule has 0 spiro atoms. The van der Waals surface area contributed by atoms with Gasteiger partial charge < -0.3 is 16.2 Å². The van der Waals surface area contributed by atoms with E-state index in [9.17, 15) is 18.4 Å². The average molecular weight is 268 g/mol. The molecule has 0 radical (unpaired) electrons. The number of hydrogen-bond donors (Lipinski definition) is 3. The van der Waals surface area contributed by atoms with Crippen LogP contribution in [0.3, 0.4) is 0 Å². The van der Waals surface area contributed by atoms with Gasteiger partial charge in [-0.05, 0) is 6.07 Å². The van der Waals surface area contributed by atoms with Gasteiger partial charge in [-0.1, -0.05) is 0 Å². The minimum absolute atomic E-state index is 0.0715. The zero-order valence-electron chi connectivity index (χ0n) is 9.61. The van der Waals surface area contributed by atoms with Gasteiger partial charge in [-0.3, -0.25) is 4.79 Å². The molecule has 1 atom stereocenters. The topological polar surface area (TPSA) is 92.4 Å². The quantitative estimate of drug-likeness (QED) is 0.709. The lowest BCUT2D eigenvalue weighted by Crippen LogP contribution is -2.35. The van der Waals surface area contributed by atoms with E-state index in [-0.39, 0.29) is 12.1 Å². The Balaban J connectivity index is 3.07. The summed E-state index contributed by atoms with van der Waals surface area (Å²) in [6.45, 7) is 0. The largest absolute Gasteiger partial charge is 0.478 e. The Labute approximate surface area is 107 Å². The number of carbonyl (C=O) groups excluding carboxylic acids is 1. The van der Waals surface area contributed by atoms with Crippen molar-refractivity contribution in [3.8, 4) is 12.3 Å². The highest BCUT2D eigenvalue weighted by Crippen LogP contribution is 2.20. The van der Waals surface area contributed by atoms with Crippen molar-refractivity contribution in [3.05, 3.63) is 29.3 Å². The highest BCUT2D eigenvalue weighted by atomic mass is 19.2. The first-order valence-electron chi connectivity index (χ1n) is 5.09. The molecule has 0 fully saturated rings. The van der Waals surface area contributed by atoms with Gasteiger partial charge in [0.05, 0.1) is 17.3 Å². The summed E-state index contributed by atoms with van der Waals surface area (Å²) in [5.74, 6) is -2.76. The monoisotopic (exact) mass is 268 g/mol. The minimum Gasteiger partial charge on any atom is -0.478 e. The molecule has 1 aromatic rings. The highest BCUT2D eigenvalue weighted by Gasteiger charge is 2.19. The number of rotatable bonds is 4. The zero-order valence-corrected chi connectivity index (χ0v) is 9.61. The SMILES string of the molecule is C#CCC(N)C(=O)Nc1cc(F)c(F)cc1C(=O)O. The summed E-state index contributed by atoms with van der Waals surface area (Å²) in [4.78, 5) is 22.4. The lowest BCUT2D eigenvalue weighted by molar-refractivity contribution is -0.117. The van der Waals surface area contributed by atoms with Crippen LogP contribution in [-0.4, -0.2) is 23.0 Å².